The molecule has 0 saturated heterocycles. The van der Waals surface area contributed by atoms with Crippen LogP contribution in [0.5, 0.6) is 0 Å². The van der Waals surface area contributed by atoms with Gasteiger partial charge >= 0.3 is 11.7 Å². The lowest BCUT2D eigenvalue weighted by molar-refractivity contribution is -0.131. The van der Waals surface area contributed by atoms with Gasteiger partial charge in [0.2, 0.25) is 0 Å². The zero-order chi connectivity index (χ0) is 11.7. The number of carboxylic acid groups (broad SMARTS) is 1. The fourth-order valence-corrected chi connectivity index (χ4v) is 1.42. The summed E-state index contributed by atoms with van der Waals surface area (Å²) in [5, 5.41) is 8.47. The van der Waals surface area contributed by atoms with Crippen LogP contribution in [-0.4, -0.2) is 15.6 Å². The summed E-state index contributed by atoms with van der Waals surface area (Å²) in [6.45, 7) is 0. The maximum absolute atomic E-state index is 11.2. The van der Waals surface area contributed by atoms with Crippen molar-refractivity contribution >= 4 is 23.1 Å². The normalized spacial score (nSPS) is 11.3. The predicted octanol–water partition coefficient (Wildman–Crippen LogP) is 1.23. The van der Waals surface area contributed by atoms with Crippen LogP contribution in [0, 0.1) is 0 Å². The van der Waals surface area contributed by atoms with Gasteiger partial charge in [-0.25, -0.2) is 9.59 Å². The van der Waals surface area contributed by atoms with E-state index < -0.39 is 11.7 Å². The van der Waals surface area contributed by atoms with Crippen molar-refractivity contribution in [1.82, 2.24) is 4.57 Å². The van der Waals surface area contributed by atoms with Crippen molar-refractivity contribution in [2.24, 2.45) is 7.05 Å². The van der Waals surface area contributed by atoms with Crippen LogP contribution in [0.3, 0.4) is 0 Å². The number of aromatic nitrogens is 1. The molecule has 1 heterocycles. The van der Waals surface area contributed by atoms with Gasteiger partial charge in [0.1, 0.15) is 0 Å². The molecule has 1 N–H and O–H groups in total. The second-order valence-electron chi connectivity index (χ2n) is 3.33. The second kappa shape index (κ2) is 3.69. The van der Waals surface area contributed by atoms with E-state index in [0.717, 1.165) is 6.08 Å². The van der Waals surface area contributed by atoms with Gasteiger partial charge in [-0.05, 0) is 23.8 Å². The summed E-state index contributed by atoms with van der Waals surface area (Å²) < 4.78 is 6.36. The highest BCUT2D eigenvalue weighted by Gasteiger charge is 2.04. The van der Waals surface area contributed by atoms with Crippen LogP contribution < -0.4 is 5.76 Å². The molecule has 0 bridgehead atoms. The van der Waals surface area contributed by atoms with Gasteiger partial charge in [-0.1, -0.05) is 6.07 Å². The van der Waals surface area contributed by atoms with Crippen LogP contribution in [0.15, 0.2) is 33.5 Å². The summed E-state index contributed by atoms with van der Waals surface area (Å²) in [7, 11) is 1.61. The van der Waals surface area contributed by atoms with Crippen LogP contribution in [0.1, 0.15) is 5.56 Å². The van der Waals surface area contributed by atoms with Crippen molar-refractivity contribution in [2.75, 3.05) is 0 Å². The molecule has 0 atom stereocenters. The molecule has 0 radical (unpaired) electrons. The summed E-state index contributed by atoms with van der Waals surface area (Å²) >= 11 is 0. The van der Waals surface area contributed by atoms with E-state index in [4.69, 9.17) is 9.52 Å². The van der Waals surface area contributed by atoms with Crippen molar-refractivity contribution in [3.63, 3.8) is 0 Å². The minimum Gasteiger partial charge on any atom is -0.478 e. The number of hydrogen-bond donors (Lipinski definition) is 1. The van der Waals surface area contributed by atoms with Gasteiger partial charge in [-0.2, -0.15) is 0 Å². The maximum Gasteiger partial charge on any atom is 0.419 e. The molecule has 5 nitrogen and oxygen atoms in total. The lowest BCUT2D eigenvalue weighted by Gasteiger charge is -1.93. The Labute approximate surface area is 90.2 Å². The standard InChI is InChI=1S/C11H9NO4/c1-12-8-4-2-7(3-5-10(13)14)6-9(8)16-11(12)15/h2-6H,1H3,(H,13,14). The first kappa shape index (κ1) is 10.2. The number of rotatable bonds is 2. The smallest absolute Gasteiger partial charge is 0.419 e. The van der Waals surface area contributed by atoms with Crippen molar-refractivity contribution in [1.29, 1.82) is 0 Å². The Bertz CT molecular complexity index is 633. The summed E-state index contributed by atoms with van der Waals surface area (Å²) in [6.07, 6.45) is 2.47. The number of hydrogen-bond acceptors (Lipinski definition) is 3. The molecular formula is C11H9NO4. The highest BCUT2D eigenvalue weighted by atomic mass is 16.4. The van der Waals surface area contributed by atoms with E-state index >= 15 is 0 Å². The lowest BCUT2D eigenvalue weighted by atomic mass is 10.2. The summed E-state index contributed by atoms with van der Waals surface area (Å²) in [5.74, 6) is -1.45. The monoisotopic (exact) mass is 219 g/mol. The van der Waals surface area contributed by atoms with Gasteiger partial charge < -0.3 is 9.52 Å². The van der Waals surface area contributed by atoms with Crippen molar-refractivity contribution in [3.8, 4) is 0 Å². The molecule has 0 amide bonds. The quantitative estimate of drug-likeness (QED) is 0.771. The third-order valence-electron chi connectivity index (χ3n) is 2.23. The first-order valence-corrected chi connectivity index (χ1v) is 4.58. The fourth-order valence-electron chi connectivity index (χ4n) is 1.42. The van der Waals surface area contributed by atoms with Gasteiger partial charge in [-0.3, -0.25) is 4.57 Å². The molecule has 0 unspecified atom stereocenters. The molecule has 0 spiro atoms. The van der Waals surface area contributed by atoms with Crippen LogP contribution in [0.4, 0.5) is 0 Å². The summed E-state index contributed by atoms with van der Waals surface area (Å²) in [4.78, 5) is 21.5. The van der Waals surface area contributed by atoms with E-state index in [1.54, 1.807) is 25.2 Å². The van der Waals surface area contributed by atoms with E-state index in [9.17, 15) is 9.59 Å². The molecule has 2 aromatic rings. The van der Waals surface area contributed by atoms with E-state index in [0.29, 0.717) is 16.7 Å². The zero-order valence-electron chi connectivity index (χ0n) is 8.51. The largest absolute Gasteiger partial charge is 0.478 e. The van der Waals surface area contributed by atoms with Crippen molar-refractivity contribution in [3.05, 3.63) is 40.4 Å². The van der Waals surface area contributed by atoms with Gasteiger partial charge in [0.25, 0.3) is 0 Å². The number of nitrogens with zero attached hydrogens (tertiary/aromatic N) is 1. The maximum atomic E-state index is 11.2. The Kier molecular flexibility index (Phi) is 2.36. The van der Waals surface area contributed by atoms with Crippen molar-refractivity contribution < 1.29 is 14.3 Å². The number of aliphatic carboxylic acids is 1. The Morgan fingerprint density at radius 3 is 2.94 bits per heavy atom. The number of aryl methyl sites for hydroxylation is 1. The first-order valence-electron chi connectivity index (χ1n) is 4.58. The SMILES string of the molecule is Cn1c(=O)oc2cc(C=CC(=O)O)ccc21. The molecule has 0 aliphatic heterocycles. The molecule has 82 valence electrons. The minimum atomic E-state index is -1.02. The highest BCUT2D eigenvalue weighted by molar-refractivity contribution is 5.86. The Morgan fingerprint density at radius 2 is 2.25 bits per heavy atom. The Morgan fingerprint density at radius 1 is 1.50 bits per heavy atom. The van der Waals surface area contributed by atoms with E-state index in [2.05, 4.69) is 0 Å². The number of carboxylic acids is 1. The Balaban J connectivity index is 2.53. The Hall–Kier alpha value is -2.30. The zero-order valence-corrected chi connectivity index (χ0v) is 8.51. The van der Waals surface area contributed by atoms with Gasteiger partial charge in [-0.15, -0.1) is 0 Å². The molecule has 0 aliphatic rings. The third-order valence-corrected chi connectivity index (χ3v) is 2.23. The molecule has 0 aliphatic carbocycles. The third kappa shape index (κ3) is 1.75. The summed E-state index contributed by atoms with van der Waals surface area (Å²) in [6, 6.07) is 5.05. The summed E-state index contributed by atoms with van der Waals surface area (Å²) in [5.41, 5.74) is 1.79. The van der Waals surface area contributed by atoms with Gasteiger partial charge in [0.15, 0.2) is 5.58 Å². The van der Waals surface area contributed by atoms with Crippen molar-refractivity contribution in [2.45, 2.75) is 0 Å². The number of carbonyl (C=O) groups is 1. The molecule has 0 saturated carbocycles. The van der Waals surface area contributed by atoms with Gasteiger partial charge in [0, 0.05) is 13.1 Å². The fraction of sp³-hybridized carbons (Fsp3) is 0.0909. The molecular weight excluding hydrogens is 210 g/mol. The lowest BCUT2D eigenvalue weighted by Crippen LogP contribution is -2.08. The van der Waals surface area contributed by atoms with E-state index in [-0.39, 0.29) is 0 Å². The average Bonchev–Trinajstić information content (AvgIpc) is 2.52. The predicted molar refractivity (Wildman–Crippen MR) is 58.1 cm³/mol. The van der Waals surface area contributed by atoms with Crippen LogP contribution in [0.2, 0.25) is 0 Å². The second-order valence-corrected chi connectivity index (χ2v) is 3.33. The highest BCUT2D eigenvalue weighted by Crippen LogP contribution is 2.15. The molecule has 2 rings (SSSR count). The molecule has 5 heteroatoms. The van der Waals surface area contributed by atoms with Crippen LogP contribution in [0.25, 0.3) is 17.2 Å². The van der Waals surface area contributed by atoms with E-state index in [1.165, 1.54) is 10.6 Å². The first-order chi connectivity index (χ1) is 7.58. The van der Waals surface area contributed by atoms with E-state index in [1.807, 2.05) is 0 Å². The molecule has 1 aromatic carbocycles. The number of benzene rings is 1. The van der Waals surface area contributed by atoms with Gasteiger partial charge in [0.05, 0.1) is 5.52 Å². The molecule has 16 heavy (non-hydrogen) atoms. The average molecular weight is 219 g/mol. The minimum absolute atomic E-state index is 0.436. The molecule has 1 aromatic heterocycles. The number of oxazole rings is 1. The van der Waals surface area contributed by atoms with Crippen LogP contribution in [-0.2, 0) is 11.8 Å². The topological polar surface area (TPSA) is 72.4 Å². The molecule has 0 fully saturated rings. The number of fused-ring (bicyclic) bond motifs is 1. The van der Waals surface area contributed by atoms with Crippen LogP contribution >= 0.6 is 0 Å².